The molecule has 1 aromatic rings. The minimum absolute atomic E-state index is 0.0549. The number of nitro groups is 1. The summed E-state index contributed by atoms with van der Waals surface area (Å²) in [4.78, 5) is 21.6. The Morgan fingerprint density at radius 3 is 2.52 bits per heavy atom. The van der Waals surface area contributed by atoms with E-state index in [1.54, 1.807) is 0 Å². The summed E-state index contributed by atoms with van der Waals surface area (Å²) < 4.78 is 0. The van der Waals surface area contributed by atoms with Gasteiger partial charge in [-0.25, -0.2) is 4.79 Å². The molecule has 0 bridgehead atoms. The molecule has 1 aliphatic rings. The minimum Gasteiger partial charge on any atom is -0.478 e. The normalized spacial score (nSPS) is 18.2. The first-order valence-electron chi connectivity index (χ1n) is 7.07. The van der Waals surface area contributed by atoms with Gasteiger partial charge in [-0.15, -0.1) is 0 Å². The second-order valence-corrected chi connectivity index (χ2v) is 6.38. The predicted octanol–water partition coefficient (Wildman–Crippen LogP) is 3.67. The lowest BCUT2D eigenvalue weighted by molar-refractivity contribution is -0.384. The predicted molar refractivity (Wildman–Crippen MR) is 79.7 cm³/mol. The number of anilines is 1. The highest BCUT2D eigenvalue weighted by Gasteiger charge is 2.28. The number of benzene rings is 1. The van der Waals surface area contributed by atoms with Crippen LogP contribution in [0.25, 0.3) is 0 Å². The van der Waals surface area contributed by atoms with Crippen molar-refractivity contribution in [3.05, 3.63) is 33.9 Å². The fourth-order valence-electron chi connectivity index (χ4n) is 2.71. The summed E-state index contributed by atoms with van der Waals surface area (Å²) in [5.74, 6) is -1.09. The molecular weight excluding hydrogens is 272 g/mol. The maximum Gasteiger partial charge on any atom is 0.335 e. The summed E-state index contributed by atoms with van der Waals surface area (Å²) >= 11 is 0. The summed E-state index contributed by atoms with van der Waals surface area (Å²) in [6, 6.07) is 4.01. The summed E-state index contributed by atoms with van der Waals surface area (Å²) in [6.07, 6.45) is 3.97. The minimum atomic E-state index is -1.09. The van der Waals surface area contributed by atoms with Crippen molar-refractivity contribution in [1.82, 2.24) is 0 Å². The van der Waals surface area contributed by atoms with Crippen molar-refractivity contribution in [2.75, 3.05) is 5.32 Å². The Morgan fingerprint density at radius 2 is 2.00 bits per heavy atom. The van der Waals surface area contributed by atoms with Gasteiger partial charge in [-0.3, -0.25) is 10.1 Å². The van der Waals surface area contributed by atoms with Gasteiger partial charge in [-0.2, -0.15) is 0 Å². The van der Waals surface area contributed by atoms with Crippen molar-refractivity contribution >= 4 is 17.3 Å². The SMILES string of the molecule is CC1(C)CCC(Nc2cc(C(=O)O)ccc2[N+](=O)[O-])CC1. The zero-order valence-corrected chi connectivity index (χ0v) is 12.3. The molecule has 0 aromatic heterocycles. The molecule has 1 aliphatic carbocycles. The number of rotatable bonds is 4. The third kappa shape index (κ3) is 3.71. The number of hydrogen-bond donors (Lipinski definition) is 2. The molecule has 6 nitrogen and oxygen atoms in total. The van der Waals surface area contributed by atoms with Crippen LogP contribution < -0.4 is 5.32 Å². The van der Waals surface area contributed by atoms with E-state index >= 15 is 0 Å². The van der Waals surface area contributed by atoms with Gasteiger partial charge in [0.1, 0.15) is 5.69 Å². The Kier molecular flexibility index (Phi) is 4.16. The molecule has 0 saturated heterocycles. The maximum absolute atomic E-state index is 11.1. The number of carboxylic acids is 1. The number of nitrogens with zero attached hydrogens (tertiary/aromatic N) is 1. The monoisotopic (exact) mass is 292 g/mol. The number of nitrogens with one attached hydrogen (secondary N) is 1. The third-order valence-electron chi connectivity index (χ3n) is 4.14. The van der Waals surface area contributed by atoms with Crippen LogP contribution in [0.15, 0.2) is 18.2 Å². The van der Waals surface area contributed by atoms with E-state index < -0.39 is 10.9 Å². The van der Waals surface area contributed by atoms with Crippen LogP contribution in [0.1, 0.15) is 49.9 Å². The first kappa shape index (κ1) is 15.3. The van der Waals surface area contributed by atoms with Gasteiger partial charge in [-0.05, 0) is 43.2 Å². The van der Waals surface area contributed by atoms with E-state index in [4.69, 9.17) is 5.11 Å². The average Bonchev–Trinajstić information content (AvgIpc) is 2.40. The molecule has 1 aromatic carbocycles. The Hall–Kier alpha value is -2.11. The lowest BCUT2D eigenvalue weighted by Gasteiger charge is -2.35. The first-order chi connectivity index (χ1) is 9.78. The molecule has 2 rings (SSSR count). The van der Waals surface area contributed by atoms with Crippen LogP contribution in [0.5, 0.6) is 0 Å². The van der Waals surface area contributed by atoms with Gasteiger partial charge in [0.25, 0.3) is 5.69 Å². The number of carbonyl (C=O) groups is 1. The molecule has 2 N–H and O–H groups in total. The van der Waals surface area contributed by atoms with Crippen molar-refractivity contribution in [2.45, 2.75) is 45.6 Å². The quantitative estimate of drug-likeness (QED) is 0.652. The zero-order chi connectivity index (χ0) is 15.6. The van der Waals surface area contributed by atoms with E-state index in [-0.39, 0.29) is 17.3 Å². The number of hydrogen-bond acceptors (Lipinski definition) is 4. The van der Waals surface area contributed by atoms with E-state index in [1.165, 1.54) is 18.2 Å². The van der Waals surface area contributed by atoms with Gasteiger partial charge < -0.3 is 10.4 Å². The standard InChI is InChI=1S/C15H20N2O4/c1-15(2)7-5-11(6-8-15)16-12-9-10(14(18)19)3-4-13(12)17(20)21/h3-4,9,11,16H,5-8H2,1-2H3,(H,18,19). The molecule has 0 atom stereocenters. The van der Waals surface area contributed by atoms with Crippen LogP contribution >= 0.6 is 0 Å². The van der Waals surface area contributed by atoms with Gasteiger partial charge in [0.15, 0.2) is 0 Å². The second-order valence-electron chi connectivity index (χ2n) is 6.38. The van der Waals surface area contributed by atoms with Gasteiger partial charge in [0.05, 0.1) is 10.5 Å². The molecule has 0 spiro atoms. The van der Waals surface area contributed by atoms with Crippen molar-refractivity contribution in [2.24, 2.45) is 5.41 Å². The topological polar surface area (TPSA) is 92.5 Å². The third-order valence-corrected chi connectivity index (χ3v) is 4.14. The highest BCUT2D eigenvalue weighted by Crippen LogP contribution is 2.37. The Balaban J connectivity index is 2.19. The second kappa shape index (κ2) is 5.71. The van der Waals surface area contributed by atoms with Crippen molar-refractivity contribution in [1.29, 1.82) is 0 Å². The van der Waals surface area contributed by atoms with Crippen LogP contribution in [0.2, 0.25) is 0 Å². The summed E-state index contributed by atoms with van der Waals surface area (Å²) in [7, 11) is 0. The Labute approximate surface area is 123 Å². The Bertz CT molecular complexity index is 559. The van der Waals surface area contributed by atoms with E-state index in [0.29, 0.717) is 11.1 Å². The number of carboxylic acid groups (broad SMARTS) is 1. The van der Waals surface area contributed by atoms with E-state index in [1.807, 2.05) is 0 Å². The van der Waals surface area contributed by atoms with E-state index in [0.717, 1.165) is 25.7 Å². The highest BCUT2D eigenvalue weighted by atomic mass is 16.6. The molecule has 1 fully saturated rings. The van der Waals surface area contributed by atoms with Crippen molar-refractivity contribution in [3.63, 3.8) is 0 Å². The van der Waals surface area contributed by atoms with E-state index in [9.17, 15) is 14.9 Å². The van der Waals surface area contributed by atoms with Gasteiger partial charge in [0, 0.05) is 12.1 Å². The van der Waals surface area contributed by atoms with Crippen molar-refractivity contribution < 1.29 is 14.8 Å². The van der Waals surface area contributed by atoms with Crippen molar-refractivity contribution in [3.8, 4) is 0 Å². The molecule has 0 unspecified atom stereocenters. The summed E-state index contributed by atoms with van der Waals surface area (Å²) in [5, 5.41) is 23.2. The Morgan fingerprint density at radius 1 is 1.38 bits per heavy atom. The van der Waals surface area contributed by atoms with Crippen LogP contribution in [0.3, 0.4) is 0 Å². The van der Waals surface area contributed by atoms with Crippen LogP contribution in [-0.4, -0.2) is 22.0 Å². The smallest absolute Gasteiger partial charge is 0.335 e. The maximum atomic E-state index is 11.1. The molecule has 21 heavy (non-hydrogen) atoms. The summed E-state index contributed by atoms with van der Waals surface area (Å²) in [6.45, 7) is 4.44. The van der Waals surface area contributed by atoms with Crippen LogP contribution in [-0.2, 0) is 0 Å². The number of aromatic carboxylic acids is 1. The molecular formula is C15H20N2O4. The zero-order valence-electron chi connectivity index (χ0n) is 12.3. The molecule has 0 amide bonds. The van der Waals surface area contributed by atoms with Crippen LogP contribution in [0.4, 0.5) is 11.4 Å². The summed E-state index contributed by atoms with van der Waals surface area (Å²) in [5.41, 5.74) is 0.584. The molecule has 0 radical (unpaired) electrons. The molecule has 114 valence electrons. The van der Waals surface area contributed by atoms with Gasteiger partial charge >= 0.3 is 5.97 Å². The van der Waals surface area contributed by atoms with Gasteiger partial charge in [0.2, 0.25) is 0 Å². The average molecular weight is 292 g/mol. The van der Waals surface area contributed by atoms with Crippen LogP contribution in [0, 0.1) is 15.5 Å². The fourth-order valence-corrected chi connectivity index (χ4v) is 2.71. The highest BCUT2D eigenvalue weighted by molar-refractivity contribution is 5.90. The molecule has 0 aliphatic heterocycles. The largest absolute Gasteiger partial charge is 0.478 e. The van der Waals surface area contributed by atoms with Gasteiger partial charge in [-0.1, -0.05) is 13.8 Å². The molecule has 6 heteroatoms. The lowest BCUT2D eigenvalue weighted by atomic mass is 9.75. The lowest BCUT2D eigenvalue weighted by Crippen LogP contribution is -2.30. The fraction of sp³-hybridized carbons (Fsp3) is 0.533. The number of nitro benzene ring substituents is 1. The first-order valence-corrected chi connectivity index (χ1v) is 7.07. The molecule has 0 heterocycles. The molecule has 1 saturated carbocycles. The van der Waals surface area contributed by atoms with E-state index in [2.05, 4.69) is 19.2 Å².